The molecule has 2 aromatic carbocycles. The Labute approximate surface area is 212 Å². The van der Waals surface area contributed by atoms with E-state index in [0.29, 0.717) is 17.0 Å². The Morgan fingerprint density at radius 3 is 2.57 bits per heavy atom. The number of halogens is 6. The Balaban J connectivity index is 1.65. The first-order valence-electron chi connectivity index (χ1n) is 10.9. The van der Waals surface area contributed by atoms with E-state index >= 15 is 0 Å². The summed E-state index contributed by atoms with van der Waals surface area (Å²) in [6.45, 7) is -0.514. The van der Waals surface area contributed by atoms with Gasteiger partial charge in [0.1, 0.15) is 10.7 Å². The molecule has 1 N–H and O–H groups in total. The van der Waals surface area contributed by atoms with Gasteiger partial charge in [-0.3, -0.25) is 9.36 Å². The molecular weight excluding hydrogens is 541 g/mol. The molecule has 3 aromatic heterocycles. The van der Waals surface area contributed by atoms with E-state index in [9.17, 15) is 31.9 Å². The maximum atomic E-state index is 14.4. The average molecular weight is 554 g/mol. The summed E-state index contributed by atoms with van der Waals surface area (Å²) in [5, 5.41) is 13.9. The number of phenols is 1. The second-order valence-corrected chi connectivity index (χ2v) is 10.1. The van der Waals surface area contributed by atoms with Crippen molar-refractivity contribution in [3.05, 3.63) is 74.4 Å². The molecule has 0 spiro atoms. The summed E-state index contributed by atoms with van der Waals surface area (Å²) < 4.78 is 74.0. The Morgan fingerprint density at radius 1 is 1.16 bits per heavy atom. The Kier molecular flexibility index (Phi) is 5.32. The summed E-state index contributed by atoms with van der Waals surface area (Å²) in [6.07, 6.45) is -3.33. The van der Waals surface area contributed by atoms with E-state index in [1.54, 1.807) is 0 Å². The summed E-state index contributed by atoms with van der Waals surface area (Å²) >= 11 is 6.99. The van der Waals surface area contributed by atoms with Crippen LogP contribution in [-0.2, 0) is 12.7 Å². The van der Waals surface area contributed by atoms with Crippen molar-refractivity contribution >= 4 is 43.2 Å². The zero-order chi connectivity index (χ0) is 26.2. The molecule has 190 valence electrons. The van der Waals surface area contributed by atoms with E-state index in [-0.39, 0.29) is 48.8 Å². The standard InChI is InChI=1S/C24H13ClF5N3O3S/c25-14-4-3-11-18-22(37-20(11)19(14)34)31-21(13-7-16(27)15(26)6-12(13)9-1-2-9)33(23(18)35)8-10-5-17(32-36-10)24(28,29)30/h3-7,9,34H,1-2,8H2. The van der Waals surface area contributed by atoms with Gasteiger partial charge >= 0.3 is 6.18 Å². The number of nitrogens with zero attached hydrogens (tertiary/aromatic N) is 3. The monoisotopic (exact) mass is 553 g/mol. The minimum absolute atomic E-state index is 0.0533. The quantitative estimate of drug-likeness (QED) is 0.246. The SMILES string of the molecule is O=c1c2c(nc(-c3cc(F)c(F)cc3C3CC3)n1Cc1cc(C(F)(F)F)no1)sc1c(O)c(Cl)ccc12. The van der Waals surface area contributed by atoms with E-state index in [0.717, 1.165) is 40.9 Å². The lowest BCUT2D eigenvalue weighted by Crippen LogP contribution is -2.24. The van der Waals surface area contributed by atoms with Gasteiger partial charge in [0.15, 0.2) is 28.8 Å². The maximum Gasteiger partial charge on any atom is 0.436 e. The zero-order valence-corrected chi connectivity index (χ0v) is 19.9. The van der Waals surface area contributed by atoms with E-state index in [1.165, 1.54) is 12.1 Å². The van der Waals surface area contributed by atoms with E-state index in [2.05, 4.69) is 10.1 Å². The number of phenolic OH excluding ortho intramolecular Hbond substituents is 1. The molecule has 3 heterocycles. The molecule has 1 aliphatic rings. The van der Waals surface area contributed by atoms with Crippen LogP contribution in [0.15, 0.2) is 39.6 Å². The molecule has 0 amide bonds. The third-order valence-corrected chi connectivity index (χ3v) is 7.61. The molecule has 0 saturated heterocycles. The van der Waals surface area contributed by atoms with Gasteiger partial charge in [-0.1, -0.05) is 22.8 Å². The molecular formula is C24H13ClF5N3O3S. The first-order valence-corrected chi connectivity index (χ1v) is 12.1. The van der Waals surface area contributed by atoms with Gasteiger partial charge in [0.05, 0.1) is 21.7 Å². The first kappa shape index (κ1) is 23.9. The van der Waals surface area contributed by atoms with Crippen molar-refractivity contribution in [2.45, 2.75) is 31.5 Å². The molecule has 13 heteroatoms. The molecule has 0 atom stereocenters. The number of alkyl halides is 3. The van der Waals surface area contributed by atoms with Crippen molar-refractivity contribution in [3.8, 4) is 17.1 Å². The minimum Gasteiger partial charge on any atom is -0.505 e. The third-order valence-electron chi connectivity index (χ3n) is 6.20. The number of hydrogen-bond acceptors (Lipinski definition) is 6. The Hall–Kier alpha value is -3.51. The molecule has 6 rings (SSSR count). The van der Waals surface area contributed by atoms with E-state index < -0.39 is 35.6 Å². The van der Waals surface area contributed by atoms with E-state index in [1.807, 2.05) is 0 Å². The summed E-state index contributed by atoms with van der Waals surface area (Å²) in [5.74, 6) is -2.95. The van der Waals surface area contributed by atoms with Crippen LogP contribution in [-0.4, -0.2) is 19.8 Å². The largest absolute Gasteiger partial charge is 0.505 e. The van der Waals surface area contributed by atoms with Gasteiger partial charge in [0.25, 0.3) is 5.56 Å². The van der Waals surface area contributed by atoms with E-state index in [4.69, 9.17) is 16.1 Å². The number of hydrogen-bond donors (Lipinski definition) is 1. The predicted octanol–water partition coefficient (Wildman–Crippen LogP) is 6.85. The van der Waals surface area contributed by atoms with Gasteiger partial charge < -0.3 is 9.63 Å². The Bertz CT molecular complexity index is 1790. The Morgan fingerprint density at radius 2 is 1.89 bits per heavy atom. The molecule has 5 aromatic rings. The highest BCUT2D eigenvalue weighted by Crippen LogP contribution is 2.46. The zero-order valence-electron chi connectivity index (χ0n) is 18.4. The first-order chi connectivity index (χ1) is 17.5. The number of aromatic hydroxyl groups is 1. The topological polar surface area (TPSA) is 81.2 Å². The van der Waals surface area contributed by atoms with Crippen molar-refractivity contribution in [2.75, 3.05) is 0 Å². The highest BCUT2D eigenvalue weighted by molar-refractivity contribution is 7.25. The van der Waals surface area contributed by atoms with Crippen LogP contribution < -0.4 is 5.56 Å². The van der Waals surface area contributed by atoms with Gasteiger partial charge in [-0.05, 0) is 42.5 Å². The molecule has 1 aliphatic carbocycles. The second kappa shape index (κ2) is 8.25. The number of thiophene rings is 1. The summed E-state index contributed by atoms with van der Waals surface area (Å²) in [7, 11) is 0. The van der Waals surface area contributed by atoms with Crippen molar-refractivity contribution in [1.29, 1.82) is 0 Å². The smallest absolute Gasteiger partial charge is 0.436 e. The van der Waals surface area contributed by atoms with Crippen molar-refractivity contribution in [1.82, 2.24) is 14.7 Å². The van der Waals surface area contributed by atoms with Crippen LogP contribution in [0.1, 0.15) is 35.8 Å². The fraction of sp³-hybridized carbons (Fsp3) is 0.208. The highest BCUT2D eigenvalue weighted by atomic mass is 35.5. The second-order valence-electron chi connectivity index (χ2n) is 8.69. The van der Waals surface area contributed by atoms with Gasteiger partial charge in [-0.25, -0.2) is 13.8 Å². The van der Waals surface area contributed by atoms with Gasteiger partial charge in [-0.2, -0.15) is 13.2 Å². The molecule has 0 radical (unpaired) electrons. The van der Waals surface area contributed by atoms with Crippen LogP contribution in [0.25, 0.3) is 31.7 Å². The van der Waals surface area contributed by atoms with Crippen LogP contribution in [0, 0.1) is 11.6 Å². The van der Waals surface area contributed by atoms with Crippen LogP contribution in [0.2, 0.25) is 5.02 Å². The van der Waals surface area contributed by atoms with Gasteiger partial charge in [-0.15, -0.1) is 11.3 Å². The fourth-order valence-corrected chi connectivity index (χ4v) is 5.63. The minimum atomic E-state index is -4.77. The fourth-order valence-electron chi connectivity index (χ4n) is 4.30. The van der Waals surface area contributed by atoms with Crippen LogP contribution in [0.3, 0.4) is 0 Å². The maximum absolute atomic E-state index is 14.4. The summed E-state index contributed by atoms with van der Waals surface area (Å²) in [6, 6.07) is 5.55. The third kappa shape index (κ3) is 3.95. The van der Waals surface area contributed by atoms with Crippen LogP contribution in [0.4, 0.5) is 22.0 Å². The summed E-state index contributed by atoms with van der Waals surface area (Å²) in [5.41, 5.74) is -1.39. The number of rotatable bonds is 4. The van der Waals surface area contributed by atoms with Gasteiger partial charge in [0.2, 0.25) is 0 Å². The number of fused-ring (bicyclic) bond motifs is 3. The van der Waals surface area contributed by atoms with Crippen molar-refractivity contribution < 1.29 is 31.6 Å². The average Bonchev–Trinajstić information content (AvgIpc) is 3.44. The van der Waals surface area contributed by atoms with Gasteiger partial charge in [0, 0.05) is 17.0 Å². The molecule has 0 bridgehead atoms. The highest BCUT2D eigenvalue weighted by Gasteiger charge is 2.35. The van der Waals surface area contributed by atoms with Crippen molar-refractivity contribution in [2.24, 2.45) is 0 Å². The van der Waals surface area contributed by atoms with Crippen molar-refractivity contribution in [3.63, 3.8) is 0 Å². The lowest BCUT2D eigenvalue weighted by atomic mass is 10.0. The normalized spacial score (nSPS) is 14.2. The molecule has 1 saturated carbocycles. The molecule has 1 fully saturated rings. The molecule has 0 aliphatic heterocycles. The molecule has 37 heavy (non-hydrogen) atoms. The molecule has 6 nitrogen and oxygen atoms in total. The number of aromatic nitrogens is 3. The molecule has 0 unspecified atom stereocenters. The lowest BCUT2D eigenvalue weighted by Gasteiger charge is -2.15. The lowest BCUT2D eigenvalue weighted by molar-refractivity contribution is -0.142. The van der Waals surface area contributed by atoms with Crippen LogP contribution >= 0.6 is 22.9 Å². The number of benzene rings is 2. The summed E-state index contributed by atoms with van der Waals surface area (Å²) in [4.78, 5) is 18.6. The predicted molar refractivity (Wildman–Crippen MR) is 126 cm³/mol. The van der Waals surface area contributed by atoms with Crippen LogP contribution in [0.5, 0.6) is 5.75 Å².